The molecule has 0 aliphatic rings. The van der Waals surface area contributed by atoms with Gasteiger partial charge in [-0.25, -0.2) is 4.98 Å². The summed E-state index contributed by atoms with van der Waals surface area (Å²) in [6.07, 6.45) is 0.777. The predicted octanol–water partition coefficient (Wildman–Crippen LogP) is 3.89. The van der Waals surface area contributed by atoms with Crippen LogP contribution in [-0.2, 0) is 4.79 Å². The van der Waals surface area contributed by atoms with Gasteiger partial charge in [-0.05, 0) is 25.8 Å². The molecular formula is C15H18N2OS. The molecule has 0 unspecified atom stereocenters. The molecular weight excluding hydrogens is 256 g/mol. The van der Waals surface area contributed by atoms with E-state index in [1.807, 2.05) is 51.1 Å². The van der Waals surface area contributed by atoms with E-state index in [2.05, 4.69) is 10.3 Å². The molecule has 1 heterocycles. The van der Waals surface area contributed by atoms with Gasteiger partial charge in [-0.15, -0.1) is 11.3 Å². The molecule has 0 aliphatic carbocycles. The average molecular weight is 274 g/mol. The van der Waals surface area contributed by atoms with Crippen LogP contribution in [0, 0.1) is 13.8 Å². The van der Waals surface area contributed by atoms with Crippen molar-refractivity contribution in [1.82, 2.24) is 4.98 Å². The largest absolute Gasteiger partial charge is 0.301 e. The molecule has 100 valence electrons. The van der Waals surface area contributed by atoms with E-state index in [-0.39, 0.29) is 11.8 Å². The van der Waals surface area contributed by atoms with Crippen molar-refractivity contribution in [3.63, 3.8) is 0 Å². The smallest absolute Gasteiger partial charge is 0.233 e. The fraction of sp³-hybridized carbons (Fsp3) is 0.333. The van der Waals surface area contributed by atoms with Crippen LogP contribution in [0.1, 0.15) is 35.4 Å². The van der Waals surface area contributed by atoms with Crippen LogP contribution in [0.2, 0.25) is 0 Å². The highest BCUT2D eigenvalue weighted by molar-refractivity contribution is 7.15. The second-order valence-corrected chi connectivity index (χ2v) is 5.72. The van der Waals surface area contributed by atoms with Crippen LogP contribution in [0.5, 0.6) is 0 Å². The van der Waals surface area contributed by atoms with Crippen molar-refractivity contribution in [2.24, 2.45) is 0 Å². The summed E-state index contributed by atoms with van der Waals surface area (Å²) in [5.41, 5.74) is 2.03. The molecule has 19 heavy (non-hydrogen) atoms. The van der Waals surface area contributed by atoms with Crippen LogP contribution in [0.25, 0.3) is 0 Å². The summed E-state index contributed by atoms with van der Waals surface area (Å²) < 4.78 is 0. The lowest BCUT2D eigenvalue weighted by atomic mass is 9.96. The Morgan fingerprint density at radius 1 is 1.32 bits per heavy atom. The van der Waals surface area contributed by atoms with Gasteiger partial charge in [0.15, 0.2) is 5.13 Å². The Hall–Kier alpha value is -1.68. The zero-order chi connectivity index (χ0) is 13.8. The van der Waals surface area contributed by atoms with Crippen LogP contribution < -0.4 is 5.32 Å². The maximum absolute atomic E-state index is 12.3. The van der Waals surface area contributed by atoms with E-state index in [1.54, 1.807) is 0 Å². The van der Waals surface area contributed by atoms with E-state index in [0.29, 0.717) is 5.13 Å². The number of nitrogens with one attached hydrogen (secondary N) is 1. The van der Waals surface area contributed by atoms with E-state index in [4.69, 9.17) is 0 Å². The maximum atomic E-state index is 12.3. The Labute approximate surface area is 117 Å². The monoisotopic (exact) mass is 274 g/mol. The predicted molar refractivity (Wildman–Crippen MR) is 79.7 cm³/mol. The van der Waals surface area contributed by atoms with Gasteiger partial charge in [0.25, 0.3) is 0 Å². The third-order valence-electron chi connectivity index (χ3n) is 3.19. The van der Waals surface area contributed by atoms with Gasteiger partial charge < -0.3 is 5.32 Å². The molecule has 1 N–H and O–H groups in total. The summed E-state index contributed by atoms with van der Waals surface area (Å²) in [5.74, 6) is -0.104. The minimum absolute atomic E-state index is 0.0162. The number of hydrogen-bond acceptors (Lipinski definition) is 3. The van der Waals surface area contributed by atoms with E-state index in [9.17, 15) is 4.79 Å². The lowest BCUT2D eigenvalue weighted by Crippen LogP contribution is -2.20. The number of carbonyl (C=O) groups is 1. The average Bonchev–Trinajstić information content (AvgIpc) is 2.70. The number of aromatic nitrogens is 1. The Bertz CT molecular complexity index is 543. The minimum Gasteiger partial charge on any atom is -0.301 e. The topological polar surface area (TPSA) is 42.0 Å². The summed E-state index contributed by atoms with van der Waals surface area (Å²) in [7, 11) is 0. The lowest BCUT2D eigenvalue weighted by molar-refractivity contribution is -0.117. The molecule has 2 aromatic rings. The van der Waals surface area contributed by atoms with E-state index >= 15 is 0 Å². The molecule has 0 saturated heterocycles. The fourth-order valence-electron chi connectivity index (χ4n) is 1.98. The zero-order valence-electron chi connectivity index (χ0n) is 11.4. The molecule has 1 atom stereocenters. The molecule has 4 heteroatoms. The third-order valence-corrected chi connectivity index (χ3v) is 4.17. The highest BCUT2D eigenvalue weighted by Gasteiger charge is 2.19. The first-order valence-corrected chi connectivity index (χ1v) is 7.23. The second-order valence-electron chi connectivity index (χ2n) is 4.52. The fourth-order valence-corrected chi connectivity index (χ4v) is 2.79. The number of nitrogens with zero attached hydrogens (tertiary/aromatic N) is 1. The van der Waals surface area contributed by atoms with Gasteiger partial charge in [0, 0.05) is 4.88 Å². The summed E-state index contributed by atoms with van der Waals surface area (Å²) >= 11 is 1.52. The number of amides is 1. The molecule has 0 saturated carbocycles. The van der Waals surface area contributed by atoms with Crippen molar-refractivity contribution in [2.45, 2.75) is 33.1 Å². The zero-order valence-corrected chi connectivity index (χ0v) is 12.3. The van der Waals surface area contributed by atoms with Gasteiger partial charge in [-0.3, -0.25) is 4.79 Å². The Kier molecular flexibility index (Phi) is 4.32. The van der Waals surface area contributed by atoms with Gasteiger partial charge in [0.2, 0.25) is 5.91 Å². The van der Waals surface area contributed by atoms with Crippen LogP contribution in [0.15, 0.2) is 30.3 Å². The molecule has 0 bridgehead atoms. The molecule has 3 nitrogen and oxygen atoms in total. The molecule has 0 aliphatic heterocycles. The minimum atomic E-state index is -0.120. The van der Waals surface area contributed by atoms with Gasteiger partial charge in [0.1, 0.15) is 0 Å². The van der Waals surface area contributed by atoms with E-state index in [1.165, 1.54) is 11.3 Å². The summed E-state index contributed by atoms with van der Waals surface area (Å²) in [6, 6.07) is 9.87. The van der Waals surface area contributed by atoms with Crippen molar-refractivity contribution in [3.05, 3.63) is 46.5 Å². The molecule has 2 rings (SSSR count). The number of anilines is 1. The van der Waals surface area contributed by atoms with Gasteiger partial charge in [0.05, 0.1) is 11.6 Å². The Balaban J connectivity index is 2.14. The van der Waals surface area contributed by atoms with E-state index in [0.717, 1.165) is 22.6 Å². The molecule has 0 radical (unpaired) electrons. The number of hydrogen-bond donors (Lipinski definition) is 1. The quantitative estimate of drug-likeness (QED) is 0.919. The molecule has 0 spiro atoms. The summed E-state index contributed by atoms with van der Waals surface area (Å²) in [5, 5.41) is 3.61. The number of benzene rings is 1. The van der Waals surface area contributed by atoms with Crippen molar-refractivity contribution >= 4 is 22.4 Å². The third kappa shape index (κ3) is 3.20. The first kappa shape index (κ1) is 13.7. The van der Waals surface area contributed by atoms with Gasteiger partial charge in [-0.1, -0.05) is 37.3 Å². The van der Waals surface area contributed by atoms with Crippen LogP contribution in [0.3, 0.4) is 0 Å². The molecule has 1 aromatic heterocycles. The normalized spacial score (nSPS) is 12.2. The maximum Gasteiger partial charge on any atom is 0.233 e. The first-order valence-electron chi connectivity index (χ1n) is 6.41. The van der Waals surface area contributed by atoms with Crippen molar-refractivity contribution in [3.8, 4) is 0 Å². The Morgan fingerprint density at radius 2 is 2.00 bits per heavy atom. The highest BCUT2D eigenvalue weighted by atomic mass is 32.1. The standard InChI is InChI=1S/C15H18N2OS/c1-4-13(12-8-6-5-7-9-12)14(18)17-15-16-10(2)11(3)19-15/h5-9,13H,4H2,1-3H3,(H,16,17,18)/t13-/m0/s1. The second kappa shape index (κ2) is 5.97. The van der Waals surface area contributed by atoms with Crippen molar-refractivity contribution in [2.75, 3.05) is 5.32 Å². The van der Waals surface area contributed by atoms with Crippen molar-refractivity contribution in [1.29, 1.82) is 0 Å². The summed E-state index contributed by atoms with van der Waals surface area (Å²) in [4.78, 5) is 17.8. The van der Waals surface area contributed by atoms with Crippen molar-refractivity contribution < 1.29 is 4.79 Å². The first-order chi connectivity index (χ1) is 9.11. The summed E-state index contributed by atoms with van der Waals surface area (Å²) in [6.45, 7) is 5.99. The van der Waals surface area contributed by atoms with Gasteiger partial charge >= 0.3 is 0 Å². The number of carbonyl (C=O) groups excluding carboxylic acids is 1. The van der Waals surface area contributed by atoms with Crippen LogP contribution in [-0.4, -0.2) is 10.9 Å². The Morgan fingerprint density at radius 3 is 2.53 bits per heavy atom. The van der Waals surface area contributed by atoms with Gasteiger partial charge in [-0.2, -0.15) is 0 Å². The van der Waals surface area contributed by atoms with E-state index < -0.39 is 0 Å². The van der Waals surface area contributed by atoms with Crippen LogP contribution >= 0.6 is 11.3 Å². The van der Waals surface area contributed by atoms with Crippen LogP contribution in [0.4, 0.5) is 5.13 Å². The lowest BCUT2D eigenvalue weighted by Gasteiger charge is -2.13. The molecule has 0 fully saturated rings. The number of aryl methyl sites for hydroxylation is 2. The SMILES string of the molecule is CC[C@H](C(=O)Nc1nc(C)c(C)s1)c1ccccc1. The molecule has 1 aromatic carbocycles. The highest BCUT2D eigenvalue weighted by Crippen LogP contribution is 2.25. The molecule has 1 amide bonds. The number of rotatable bonds is 4. The number of thiazole rings is 1.